The molecule has 0 saturated heterocycles. The summed E-state index contributed by atoms with van der Waals surface area (Å²) in [5, 5.41) is 8.60. The first-order chi connectivity index (χ1) is 16.6. The fraction of sp³-hybridized carbons (Fsp3) is 0.0909. The van der Waals surface area contributed by atoms with E-state index in [0.717, 1.165) is 36.5 Å². The summed E-state index contributed by atoms with van der Waals surface area (Å²) in [5.41, 5.74) is -3.05. The molecule has 14 heteroatoms. The molecule has 0 aliphatic rings. The van der Waals surface area contributed by atoms with Gasteiger partial charge in [0.05, 0.1) is 23.0 Å². The standard InChI is InChI=1S/C22H11F7N4O2S/c23-16-8-2-12(9-18(16)36(30,34)35)1-3-14-11-31-33-19(22(27,28)29)10-17(32-20(14)33)13-4-6-15(7-5-13)21(24,25)26/h2,4-11H,(H2,30,34,35). The van der Waals surface area contributed by atoms with Crippen molar-refractivity contribution in [2.24, 2.45) is 5.14 Å². The average Bonchev–Trinajstić information content (AvgIpc) is 3.19. The van der Waals surface area contributed by atoms with E-state index in [2.05, 4.69) is 21.9 Å². The van der Waals surface area contributed by atoms with Crippen LogP contribution in [0.1, 0.15) is 22.4 Å². The van der Waals surface area contributed by atoms with Crippen molar-refractivity contribution in [3.63, 3.8) is 0 Å². The number of hydrogen-bond acceptors (Lipinski definition) is 4. The quantitative estimate of drug-likeness (QED) is 0.304. The average molecular weight is 528 g/mol. The molecule has 2 heterocycles. The van der Waals surface area contributed by atoms with Crippen molar-refractivity contribution in [1.29, 1.82) is 0 Å². The van der Waals surface area contributed by atoms with E-state index in [-0.39, 0.29) is 28.0 Å². The van der Waals surface area contributed by atoms with Crippen molar-refractivity contribution >= 4 is 15.7 Å². The van der Waals surface area contributed by atoms with Crippen LogP contribution in [-0.2, 0) is 22.4 Å². The molecule has 2 aromatic heterocycles. The van der Waals surface area contributed by atoms with Crippen LogP contribution in [0, 0.1) is 17.7 Å². The van der Waals surface area contributed by atoms with Crippen molar-refractivity contribution in [2.45, 2.75) is 17.2 Å². The van der Waals surface area contributed by atoms with Gasteiger partial charge in [-0.1, -0.05) is 24.0 Å². The second kappa shape index (κ2) is 8.61. The summed E-state index contributed by atoms with van der Waals surface area (Å²) in [7, 11) is -4.40. The lowest BCUT2D eigenvalue weighted by Crippen LogP contribution is -2.14. The third-order valence-corrected chi connectivity index (χ3v) is 5.78. The normalized spacial score (nSPS) is 12.4. The molecule has 6 nitrogen and oxygen atoms in total. The molecule has 0 amide bonds. The number of rotatable bonds is 2. The van der Waals surface area contributed by atoms with Gasteiger partial charge >= 0.3 is 12.4 Å². The van der Waals surface area contributed by atoms with Crippen LogP contribution < -0.4 is 5.14 Å². The number of benzene rings is 2. The van der Waals surface area contributed by atoms with Crippen LogP contribution in [0.25, 0.3) is 16.9 Å². The third-order valence-electron chi connectivity index (χ3n) is 4.85. The molecule has 0 radical (unpaired) electrons. The highest BCUT2D eigenvalue weighted by Crippen LogP contribution is 2.34. The van der Waals surface area contributed by atoms with Crippen LogP contribution in [0.3, 0.4) is 0 Å². The highest BCUT2D eigenvalue weighted by Gasteiger charge is 2.36. The Morgan fingerprint density at radius 2 is 1.56 bits per heavy atom. The van der Waals surface area contributed by atoms with Gasteiger partial charge < -0.3 is 0 Å². The van der Waals surface area contributed by atoms with Crippen LogP contribution in [0.4, 0.5) is 30.7 Å². The third kappa shape index (κ3) is 5.02. The summed E-state index contributed by atoms with van der Waals surface area (Å²) < 4.78 is 117. The van der Waals surface area contributed by atoms with Gasteiger partial charge in [0.25, 0.3) is 0 Å². The maximum atomic E-state index is 13.7. The largest absolute Gasteiger partial charge is 0.433 e. The molecule has 0 fully saturated rings. The lowest BCUT2D eigenvalue weighted by Gasteiger charge is -2.12. The number of alkyl halides is 6. The predicted molar refractivity (Wildman–Crippen MR) is 112 cm³/mol. The molecule has 4 rings (SSSR count). The summed E-state index contributed by atoms with van der Waals surface area (Å²) in [6.45, 7) is 0. The molecule has 0 unspecified atom stereocenters. The van der Waals surface area contributed by atoms with Crippen LogP contribution in [-0.4, -0.2) is 23.0 Å². The number of fused-ring (bicyclic) bond motifs is 1. The number of hydrogen-bond donors (Lipinski definition) is 1. The summed E-state index contributed by atoms with van der Waals surface area (Å²) in [6.07, 6.45) is -8.56. The monoisotopic (exact) mass is 528 g/mol. The minimum atomic E-state index is -4.90. The highest BCUT2D eigenvalue weighted by atomic mass is 32.2. The number of sulfonamides is 1. The molecule has 0 aliphatic carbocycles. The summed E-state index contributed by atoms with van der Waals surface area (Å²) in [5.74, 6) is 3.87. The van der Waals surface area contributed by atoms with Gasteiger partial charge in [0, 0.05) is 11.1 Å². The molecule has 4 aromatic rings. The maximum absolute atomic E-state index is 13.7. The molecular weight excluding hydrogens is 517 g/mol. The molecule has 0 atom stereocenters. The smallest absolute Gasteiger partial charge is 0.227 e. The first-order valence-electron chi connectivity index (χ1n) is 9.62. The van der Waals surface area contributed by atoms with Gasteiger partial charge in [-0.15, -0.1) is 0 Å². The Hall–Kier alpha value is -3.96. The van der Waals surface area contributed by atoms with E-state index in [4.69, 9.17) is 5.14 Å². The van der Waals surface area contributed by atoms with Crippen LogP contribution in [0.5, 0.6) is 0 Å². The first kappa shape index (κ1) is 25.1. The first-order valence-corrected chi connectivity index (χ1v) is 11.2. The molecule has 0 bridgehead atoms. The second-order valence-electron chi connectivity index (χ2n) is 7.33. The second-order valence-corrected chi connectivity index (χ2v) is 8.86. The fourth-order valence-electron chi connectivity index (χ4n) is 3.17. The van der Waals surface area contributed by atoms with Crippen molar-refractivity contribution < 1.29 is 39.2 Å². The van der Waals surface area contributed by atoms with E-state index in [1.807, 2.05) is 0 Å². The lowest BCUT2D eigenvalue weighted by molar-refractivity contribution is -0.142. The topological polar surface area (TPSA) is 90.4 Å². The van der Waals surface area contributed by atoms with E-state index >= 15 is 0 Å². The Morgan fingerprint density at radius 1 is 0.889 bits per heavy atom. The highest BCUT2D eigenvalue weighted by molar-refractivity contribution is 7.89. The van der Waals surface area contributed by atoms with Crippen molar-refractivity contribution in [2.75, 3.05) is 0 Å². The number of aromatic nitrogens is 3. The Kier molecular flexibility index (Phi) is 6.01. The Morgan fingerprint density at radius 3 is 2.14 bits per heavy atom. The molecule has 186 valence electrons. The zero-order valence-electron chi connectivity index (χ0n) is 17.5. The summed E-state index contributed by atoms with van der Waals surface area (Å²) in [6, 6.07) is 6.82. The fourth-order valence-corrected chi connectivity index (χ4v) is 3.80. The molecule has 2 N–H and O–H groups in total. The van der Waals surface area contributed by atoms with E-state index in [0.29, 0.717) is 22.7 Å². The van der Waals surface area contributed by atoms with Gasteiger partial charge in [-0.25, -0.2) is 27.4 Å². The zero-order valence-corrected chi connectivity index (χ0v) is 18.3. The summed E-state index contributed by atoms with van der Waals surface area (Å²) in [4.78, 5) is 3.27. The van der Waals surface area contributed by atoms with Gasteiger partial charge in [0.2, 0.25) is 10.0 Å². The van der Waals surface area contributed by atoms with E-state index in [1.54, 1.807) is 0 Å². The lowest BCUT2D eigenvalue weighted by atomic mass is 10.1. The van der Waals surface area contributed by atoms with Crippen molar-refractivity contribution in [3.8, 4) is 23.1 Å². The zero-order chi connectivity index (χ0) is 26.5. The maximum Gasteiger partial charge on any atom is 0.433 e. The van der Waals surface area contributed by atoms with Gasteiger partial charge in [-0.3, -0.25) is 0 Å². The van der Waals surface area contributed by atoms with Gasteiger partial charge in [-0.2, -0.15) is 31.4 Å². The van der Waals surface area contributed by atoms with Crippen molar-refractivity contribution in [3.05, 3.63) is 82.9 Å². The minimum absolute atomic E-state index is 0.0188. The van der Waals surface area contributed by atoms with Gasteiger partial charge in [-0.05, 0) is 36.4 Å². The Bertz CT molecular complexity index is 1650. The van der Waals surface area contributed by atoms with Crippen LogP contribution in [0.2, 0.25) is 0 Å². The SMILES string of the molecule is NS(=O)(=O)c1cc(C#Cc2cnn3c(C(F)(F)F)cc(-c4ccc(C(F)(F)F)cc4)nc23)ccc1F. The number of halogens is 7. The van der Waals surface area contributed by atoms with E-state index in [1.165, 1.54) is 0 Å². The summed E-state index contributed by atoms with van der Waals surface area (Å²) >= 11 is 0. The number of primary sulfonamides is 1. The number of nitrogens with two attached hydrogens (primary N) is 1. The van der Waals surface area contributed by atoms with E-state index < -0.39 is 44.3 Å². The van der Waals surface area contributed by atoms with Gasteiger partial charge in [0.15, 0.2) is 11.3 Å². The Labute approximate surface area is 198 Å². The van der Waals surface area contributed by atoms with E-state index in [9.17, 15) is 39.2 Å². The molecule has 0 spiro atoms. The number of nitrogens with zero attached hydrogens (tertiary/aromatic N) is 3. The molecule has 0 saturated carbocycles. The van der Waals surface area contributed by atoms with Crippen LogP contribution >= 0.6 is 0 Å². The predicted octanol–water partition coefficient (Wildman–Crippen LogP) is 4.62. The Balaban J connectivity index is 1.85. The van der Waals surface area contributed by atoms with Crippen molar-refractivity contribution in [1.82, 2.24) is 14.6 Å². The van der Waals surface area contributed by atoms with Crippen LogP contribution in [0.15, 0.2) is 59.6 Å². The minimum Gasteiger partial charge on any atom is -0.227 e. The molecule has 36 heavy (non-hydrogen) atoms. The molecule has 2 aromatic carbocycles. The molecular formula is C22H11F7N4O2S. The van der Waals surface area contributed by atoms with Gasteiger partial charge in [0.1, 0.15) is 10.7 Å². The molecule has 0 aliphatic heterocycles.